The fourth-order valence-corrected chi connectivity index (χ4v) is 2.55. The first-order chi connectivity index (χ1) is 12.9. The molecule has 2 aromatic rings. The summed E-state index contributed by atoms with van der Waals surface area (Å²) in [6, 6.07) is 8.97. The van der Waals surface area contributed by atoms with Crippen LogP contribution in [0, 0.1) is 5.82 Å². The molecule has 0 aliphatic heterocycles. The number of nitrogens with one attached hydrogen (secondary N) is 1. The fraction of sp³-hybridized carbons (Fsp3) is 0.316. The highest BCUT2D eigenvalue weighted by Crippen LogP contribution is 2.35. The van der Waals surface area contributed by atoms with Gasteiger partial charge in [0.15, 0.2) is 0 Å². The number of rotatable bonds is 9. The number of nitrogens with zero attached hydrogens (tertiary/aromatic N) is 1. The Labute approximate surface area is 162 Å². The van der Waals surface area contributed by atoms with Gasteiger partial charge in [-0.25, -0.2) is 4.39 Å². The summed E-state index contributed by atoms with van der Waals surface area (Å²) in [5.74, 6) is 0.921. The molecule has 1 amide bonds. The van der Waals surface area contributed by atoms with Crippen molar-refractivity contribution in [2.24, 2.45) is 0 Å². The van der Waals surface area contributed by atoms with Crippen LogP contribution < -0.4 is 19.5 Å². The number of carbonyl (C=O) groups excluding carboxylic acids is 1. The quantitative estimate of drug-likeness (QED) is 0.703. The largest absolute Gasteiger partial charge is 0.495 e. The Morgan fingerprint density at radius 1 is 1.15 bits per heavy atom. The number of hydrogen-bond acceptors (Lipinski definition) is 5. The molecule has 0 heterocycles. The van der Waals surface area contributed by atoms with Gasteiger partial charge in [0.1, 0.15) is 29.7 Å². The molecule has 0 atom stereocenters. The molecule has 0 aliphatic carbocycles. The van der Waals surface area contributed by atoms with Crippen molar-refractivity contribution in [3.63, 3.8) is 0 Å². The summed E-state index contributed by atoms with van der Waals surface area (Å²) in [7, 11) is 4.79. The lowest BCUT2D eigenvalue weighted by Gasteiger charge is -2.18. The zero-order chi connectivity index (χ0) is 19.8. The van der Waals surface area contributed by atoms with Crippen molar-refractivity contribution in [2.45, 2.75) is 0 Å². The van der Waals surface area contributed by atoms with Gasteiger partial charge in [0, 0.05) is 18.7 Å². The van der Waals surface area contributed by atoms with Crippen LogP contribution in [-0.4, -0.2) is 51.8 Å². The molecular formula is C19H22ClFN2O4. The molecule has 1 N–H and O–H groups in total. The van der Waals surface area contributed by atoms with Crippen molar-refractivity contribution in [1.29, 1.82) is 0 Å². The standard InChI is InChI=1S/C19H22ClFN2O4/c1-23(8-9-27-14-6-4-13(21)5-7-14)12-19(24)22-16-11-17(25-2)15(20)10-18(16)26-3/h4-7,10-11H,8-9,12H2,1-3H3,(H,22,24). The van der Waals surface area contributed by atoms with E-state index in [2.05, 4.69) is 5.32 Å². The highest BCUT2D eigenvalue weighted by Gasteiger charge is 2.14. The minimum atomic E-state index is -0.314. The van der Waals surface area contributed by atoms with Crippen LogP contribution >= 0.6 is 11.6 Å². The van der Waals surface area contributed by atoms with Gasteiger partial charge in [0.2, 0.25) is 5.91 Å². The number of amides is 1. The second-order valence-corrected chi connectivity index (χ2v) is 6.18. The second kappa shape index (κ2) is 9.99. The van der Waals surface area contributed by atoms with E-state index in [0.717, 1.165) is 0 Å². The normalized spacial score (nSPS) is 10.6. The summed E-state index contributed by atoms with van der Waals surface area (Å²) in [4.78, 5) is 14.1. The number of ether oxygens (including phenoxy) is 3. The van der Waals surface area contributed by atoms with Crippen LogP contribution in [0.4, 0.5) is 10.1 Å². The van der Waals surface area contributed by atoms with Crippen molar-refractivity contribution in [2.75, 3.05) is 46.3 Å². The van der Waals surface area contributed by atoms with Crippen molar-refractivity contribution in [3.05, 3.63) is 47.2 Å². The van der Waals surface area contributed by atoms with Gasteiger partial charge in [-0.15, -0.1) is 0 Å². The van der Waals surface area contributed by atoms with Gasteiger partial charge >= 0.3 is 0 Å². The Morgan fingerprint density at radius 2 is 1.81 bits per heavy atom. The monoisotopic (exact) mass is 396 g/mol. The SMILES string of the molecule is COc1cc(NC(=O)CN(C)CCOc2ccc(F)cc2)c(OC)cc1Cl. The smallest absolute Gasteiger partial charge is 0.238 e. The van der Waals surface area contributed by atoms with E-state index in [9.17, 15) is 9.18 Å². The van der Waals surface area contributed by atoms with Crippen LogP contribution in [0.3, 0.4) is 0 Å². The molecule has 0 unspecified atom stereocenters. The highest BCUT2D eigenvalue weighted by atomic mass is 35.5. The van der Waals surface area contributed by atoms with Crippen molar-refractivity contribution >= 4 is 23.2 Å². The van der Waals surface area contributed by atoms with Gasteiger partial charge in [-0.1, -0.05) is 11.6 Å². The summed E-state index contributed by atoms with van der Waals surface area (Å²) in [6.45, 7) is 1.04. The first kappa shape index (κ1) is 20.8. The molecule has 0 radical (unpaired) electrons. The third-order valence-electron chi connectivity index (χ3n) is 3.72. The van der Waals surface area contributed by atoms with Gasteiger partial charge in [-0.05, 0) is 31.3 Å². The first-order valence-corrected chi connectivity index (χ1v) is 8.59. The van der Waals surface area contributed by atoms with Crippen molar-refractivity contribution in [3.8, 4) is 17.2 Å². The molecule has 0 saturated heterocycles. The lowest BCUT2D eigenvalue weighted by Crippen LogP contribution is -2.33. The van der Waals surface area contributed by atoms with E-state index in [1.54, 1.807) is 36.2 Å². The van der Waals surface area contributed by atoms with E-state index >= 15 is 0 Å². The molecule has 2 aromatic carbocycles. The maximum absolute atomic E-state index is 12.9. The maximum atomic E-state index is 12.9. The lowest BCUT2D eigenvalue weighted by molar-refractivity contribution is -0.117. The number of benzene rings is 2. The Bertz CT molecular complexity index is 771. The summed E-state index contributed by atoms with van der Waals surface area (Å²) < 4.78 is 28.8. The molecule has 8 heteroatoms. The zero-order valence-electron chi connectivity index (χ0n) is 15.4. The Hall–Kier alpha value is -2.51. The van der Waals surface area contributed by atoms with Gasteiger partial charge in [0.25, 0.3) is 0 Å². The number of methoxy groups -OCH3 is 2. The number of hydrogen-bond donors (Lipinski definition) is 1. The van der Waals surface area contributed by atoms with E-state index in [0.29, 0.717) is 41.1 Å². The molecule has 0 aliphatic rings. The Balaban J connectivity index is 1.85. The average molecular weight is 397 g/mol. The average Bonchev–Trinajstić information content (AvgIpc) is 2.64. The van der Waals surface area contributed by atoms with Gasteiger partial charge in [0.05, 0.1) is 31.5 Å². The lowest BCUT2D eigenvalue weighted by atomic mass is 10.2. The molecule has 0 spiro atoms. The van der Waals surface area contributed by atoms with Crippen LogP contribution in [0.5, 0.6) is 17.2 Å². The predicted octanol–water partition coefficient (Wildman–Crippen LogP) is 3.45. The van der Waals surface area contributed by atoms with Crippen LogP contribution in [-0.2, 0) is 4.79 Å². The molecular weight excluding hydrogens is 375 g/mol. The topological polar surface area (TPSA) is 60.0 Å². The van der Waals surface area contributed by atoms with Crippen molar-refractivity contribution in [1.82, 2.24) is 4.90 Å². The Kier molecular flexibility index (Phi) is 7.69. The van der Waals surface area contributed by atoms with Gasteiger partial charge < -0.3 is 19.5 Å². The predicted molar refractivity (Wildman–Crippen MR) is 103 cm³/mol. The van der Waals surface area contributed by atoms with E-state index in [1.165, 1.54) is 26.4 Å². The molecule has 0 saturated carbocycles. The van der Waals surface area contributed by atoms with E-state index in [1.807, 2.05) is 0 Å². The van der Waals surface area contributed by atoms with E-state index < -0.39 is 0 Å². The maximum Gasteiger partial charge on any atom is 0.238 e. The number of carbonyl (C=O) groups is 1. The van der Waals surface area contributed by atoms with E-state index in [4.69, 9.17) is 25.8 Å². The first-order valence-electron chi connectivity index (χ1n) is 8.21. The summed E-state index contributed by atoms with van der Waals surface area (Å²) in [6.07, 6.45) is 0. The molecule has 0 fully saturated rings. The molecule has 0 bridgehead atoms. The summed E-state index contributed by atoms with van der Waals surface area (Å²) >= 11 is 6.06. The third-order valence-corrected chi connectivity index (χ3v) is 4.01. The number of anilines is 1. The highest BCUT2D eigenvalue weighted by molar-refractivity contribution is 6.32. The van der Waals surface area contributed by atoms with Gasteiger partial charge in [-0.3, -0.25) is 9.69 Å². The van der Waals surface area contributed by atoms with Crippen LogP contribution in [0.15, 0.2) is 36.4 Å². The minimum absolute atomic E-state index is 0.154. The molecule has 27 heavy (non-hydrogen) atoms. The number of halogens is 2. The van der Waals surface area contributed by atoms with E-state index in [-0.39, 0.29) is 18.3 Å². The summed E-state index contributed by atoms with van der Waals surface area (Å²) in [5.41, 5.74) is 0.472. The third kappa shape index (κ3) is 6.30. The fourth-order valence-electron chi connectivity index (χ4n) is 2.32. The van der Waals surface area contributed by atoms with Crippen LogP contribution in [0.1, 0.15) is 0 Å². The van der Waals surface area contributed by atoms with Crippen LogP contribution in [0.2, 0.25) is 5.02 Å². The number of likely N-dealkylation sites (N-methyl/N-ethyl adjacent to an activating group) is 1. The molecule has 146 valence electrons. The van der Waals surface area contributed by atoms with Gasteiger partial charge in [-0.2, -0.15) is 0 Å². The van der Waals surface area contributed by atoms with Crippen LogP contribution in [0.25, 0.3) is 0 Å². The molecule has 6 nitrogen and oxygen atoms in total. The minimum Gasteiger partial charge on any atom is -0.495 e. The molecule has 2 rings (SSSR count). The zero-order valence-corrected chi connectivity index (χ0v) is 16.2. The summed E-state index contributed by atoms with van der Waals surface area (Å²) in [5, 5.41) is 3.17. The second-order valence-electron chi connectivity index (χ2n) is 5.78. The van der Waals surface area contributed by atoms with Crippen molar-refractivity contribution < 1.29 is 23.4 Å². The molecule has 0 aromatic heterocycles. The Morgan fingerprint density at radius 3 is 2.44 bits per heavy atom.